The summed E-state index contributed by atoms with van der Waals surface area (Å²) in [4.78, 5) is 9.16. The van der Waals surface area contributed by atoms with Gasteiger partial charge in [-0.2, -0.15) is 0 Å². The Labute approximate surface area is 250 Å². The Kier molecular flexibility index (Phi) is 10.4. The summed E-state index contributed by atoms with van der Waals surface area (Å²) in [6, 6.07) is 7.02. The van der Waals surface area contributed by atoms with Crippen LogP contribution in [0.15, 0.2) is 36.5 Å². The Morgan fingerprint density at radius 3 is 2.44 bits per heavy atom. The second-order valence-electron chi connectivity index (χ2n) is 11.7. The zero-order valence-electron chi connectivity index (χ0n) is 24.6. The summed E-state index contributed by atoms with van der Waals surface area (Å²) in [5.74, 6) is -2.16. The fraction of sp³-hybridized carbons (Fsp3) is 0.531. The van der Waals surface area contributed by atoms with Crippen molar-refractivity contribution in [2.24, 2.45) is 5.41 Å². The molecule has 0 bridgehead atoms. The molecule has 0 radical (unpaired) electrons. The normalized spacial score (nSPS) is 18.6. The van der Waals surface area contributed by atoms with Gasteiger partial charge in [0.25, 0.3) is 0 Å². The summed E-state index contributed by atoms with van der Waals surface area (Å²) in [5.41, 5.74) is 1.97. The topological polar surface area (TPSA) is 90.3 Å². The quantitative estimate of drug-likeness (QED) is 0.280. The number of fused-ring (bicyclic) bond motifs is 1. The van der Waals surface area contributed by atoms with E-state index in [4.69, 9.17) is 9.47 Å². The lowest BCUT2D eigenvalue weighted by Crippen LogP contribution is -2.43. The number of pyridine rings is 1. The van der Waals surface area contributed by atoms with E-state index in [1.165, 1.54) is 0 Å². The number of halogens is 3. The van der Waals surface area contributed by atoms with Crippen molar-refractivity contribution in [2.45, 2.75) is 38.3 Å². The highest BCUT2D eigenvalue weighted by molar-refractivity contribution is 5.85. The molecule has 2 saturated heterocycles. The number of likely N-dealkylation sites (tertiary alicyclic amines) is 1. The maximum absolute atomic E-state index is 13.9. The third-order valence-electron chi connectivity index (χ3n) is 8.97. The van der Waals surface area contributed by atoms with Crippen molar-refractivity contribution in [3.05, 3.63) is 65.1 Å². The first-order valence-corrected chi connectivity index (χ1v) is 15.0. The Morgan fingerprint density at radius 2 is 1.77 bits per heavy atom. The molecule has 3 N–H and O–H groups in total. The third-order valence-corrected chi connectivity index (χ3v) is 8.97. The van der Waals surface area contributed by atoms with Crippen molar-refractivity contribution in [1.29, 1.82) is 0 Å². The smallest absolute Gasteiger partial charge is 0.152 e. The van der Waals surface area contributed by atoms with Crippen LogP contribution < -0.4 is 10.1 Å². The molecule has 0 unspecified atom stereocenters. The average Bonchev–Trinajstić information content (AvgIpc) is 3.02. The maximum Gasteiger partial charge on any atom is 0.152 e. The summed E-state index contributed by atoms with van der Waals surface area (Å²) >= 11 is 0. The summed E-state index contributed by atoms with van der Waals surface area (Å²) in [7, 11) is 1.62. The largest absolute Gasteiger partial charge is 0.497 e. The molecular formula is C32H41F3N4O4. The first-order chi connectivity index (χ1) is 20.8. The molecule has 1 atom stereocenters. The summed E-state index contributed by atoms with van der Waals surface area (Å²) in [6.45, 7) is 5.95. The number of ether oxygens (including phenoxy) is 2. The maximum atomic E-state index is 13.9. The molecule has 8 nitrogen and oxygen atoms in total. The van der Waals surface area contributed by atoms with E-state index in [2.05, 4.69) is 20.1 Å². The minimum absolute atomic E-state index is 0.0172. The van der Waals surface area contributed by atoms with Crippen LogP contribution in [0.3, 0.4) is 0 Å². The number of aliphatic hydroxyl groups is 2. The van der Waals surface area contributed by atoms with Gasteiger partial charge in [0.15, 0.2) is 11.6 Å². The molecule has 0 aliphatic carbocycles. The van der Waals surface area contributed by atoms with Crippen LogP contribution in [0.4, 0.5) is 18.9 Å². The Balaban J connectivity index is 1.22. The number of nitrogens with zero attached hydrogens (tertiary/aromatic N) is 3. The van der Waals surface area contributed by atoms with Crippen LogP contribution in [-0.4, -0.2) is 91.2 Å². The van der Waals surface area contributed by atoms with Gasteiger partial charge in [-0.3, -0.25) is 9.88 Å². The van der Waals surface area contributed by atoms with Crippen LogP contribution in [0.5, 0.6) is 5.75 Å². The van der Waals surface area contributed by atoms with Crippen molar-refractivity contribution in [2.75, 3.05) is 71.5 Å². The molecule has 3 aromatic rings. The fourth-order valence-corrected chi connectivity index (χ4v) is 6.26. The summed E-state index contributed by atoms with van der Waals surface area (Å²) < 4.78 is 52.1. The van der Waals surface area contributed by atoms with Crippen molar-refractivity contribution >= 4 is 16.6 Å². The molecule has 2 aliphatic rings. The number of aliphatic hydroxyl groups excluding tert-OH is 2. The van der Waals surface area contributed by atoms with Gasteiger partial charge in [-0.1, -0.05) is 0 Å². The lowest BCUT2D eigenvalue weighted by atomic mass is 9.74. The Morgan fingerprint density at radius 1 is 1.05 bits per heavy atom. The minimum atomic E-state index is -0.956. The lowest BCUT2D eigenvalue weighted by molar-refractivity contribution is 0.0239. The Hall–Kier alpha value is -2.96. The number of methoxy groups -OCH3 is 1. The first kappa shape index (κ1) is 31.5. The van der Waals surface area contributed by atoms with E-state index in [-0.39, 0.29) is 17.7 Å². The molecule has 0 spiro atoms. The highest BCUT2D eigenvalue weighted by atomic mass is 19.1. The van der Waals surface area contributed by atoms with Crippen LogP contribution in [0, 0.1) is 22.9 Å². The highest BCUT2D eigenvalue weighted by Gasteiger charge is 2.35. The average molecular weight is 603 g/mol. The number of aromatic nitrogens is 1. The molecule has 11 heteroatoms. The van der Waals surface area contributed by atoms with E-state index in [9.17, 15) is 23.4 Å². The molecule has 5 rings (SSSR count). The Bertz CT molecular complexity index is 1360. The van der Waals surface area contributed by atoms with Crippen LogP contribution >= 0.6 is 0 Å². The van der Waals surface area contributed by atoms with Gasteiger partial charge in [0.1, 0.15) is 17.3 Å². The lowest BCUT2D eigenvalue weighted by Gasteiger charge is -2.41. The van der Waals surface area contributed by atoms with E-state index in [1.54, 1.807) is 7.11 Å². The molecule has 43 heavy (non-hydrogen) atoms. The van der Waals surface area contributed by atoms with Gasteiger partial charge >= 0.3 is 0 Å². The van der Waals surface area contributed by atoms with Gasteiger partial charge in [-0.25, -0.2) is 13.2 Å². The molecule has 0 saturated carbocycles. The van der Waals surface area contributed by atoms with Gasteiger partial charge in [0.05, 0.1) is 31.9 Å². The standard InChI is InChI=1S/C32H41F3N4O4/c1-42-24-2-3-28-25(18-24)30(22(19-37-28)20-39-12-14-43-15-13-39)29(41)4-5-32(21-40)6-9-38(10-7-32)11-8-36-31-26(34)16-23(33)17-27(31)35/h2-3,16-19,29,36,40-41H,4-15,20-21H2,1H3/t29-/m1/s1. The van der Waals surface area contributed by atoms with Crippen LogP contribution in [-0.2, 0) is 11.3 Å². The van der Waals surface area contributed by atoms with Crippen molar-refractivity contribution in [3.8, 4) is 5.75 Å². The van der Waals surface area contributed by atoms with E-state index >= 15 is 0 Å². The van der Waals surface area contributed by atoms with Crippen LogP contribution in [0.1, 0.15) is 42.9 Å². The van der Waals surface area contributed by atoms with Crippen LogP contribution in [0.25, 0.3) is 10.9 Å². The molecule has 2 aliphatic heterocycles. The number of hydrogen-bond donors (Lipinski definition) is 3. The number of morpholine rings is 1. The second-order valence-corrected chi connectivity index (χ2v) is 11.7. The van der Waals surface area contributed by atoms with Crippen LogP contribution in [0.2, 0.25) is 0 Å². The third kappa shape index (κ3) is 7.58. The number of benzene rings is 2. The van der Waals surface area contributed by atoms with E-state index in [1.807, 2.05) is 24.4 Å². The molecule has 2 aromatic carbocycles. The number of nitrogens with one attached hydrogen (secondary N) is 1. The molecular weight excluding hydrogens is 561 g/mol. The second kappa shape index (κ2) is 14.2. The first-order valence-electron chi connectivity index (χ1n) is 15.0. The molecule has 1 aromatic heterocycles. The number of piperidine rings is 1. The van der Waals surface area contributed by atoms with E-state index < -0.39 is 23.6 Å². The highest BCUT2D eigenvalue weighted by Crippen LogP contribution is 2.40. The number of hydrogen-bond acceptors (Lipinski definition) is 8. The fourth-order valence-electron chi connectivity index (χ4n) is 6.26. The summed E-state index contributed by atoms with van der Waals surface area (Å²) in [5, 5.41) is 25.7. The zero-order valence-corrected chi connectivity index (χ0v) is 24.6. The van der Waals surface area contributed by atoms with Gasteiger partial charge < -0.3 is 29.9 Å². The van der Waals surface area contributed by atoms with Gasteiger partial charge in [0.2, 0.25) is 0 Å². The number of anilines is 1. The van der Waals surface area contributed by atoms with Gasteiger partial charge in [-0.05, 0) is 73.5 Å². The predicted octanol–water partition coefficient (Wildman–Crippen LogP) is 4.49. The van der Waals surface area contributed by atoms with Crippen molar-refractivity contribution < 1.29 is 32.9 Å². The van der Waals surface area contributed by atoms with Gasteiger partial charge in [0, 0.05) is 63.0 Å². The molecule has 3 heterocycles. The summed E-state index contributed by atoms with van der Waals surface area (Å²) in [6.07, 6.45) is 3.72. The molecule has 2 fully saturated rings. The monoisotopic (exact) mass is 602 g/mol. The SMILES string of the molecule is COc1ccc2ncc(CN3CCOCC3)c([C@H](O)CCC3(CO)CCN(CCNc4c(F)cc(F)cc4F)CC3)c2c1. The predicted molar refractivity (Wildman–Crippen MR) is 159 cm³/mol. The minimum Gasteiger partial charge on any atom is -0.497 e. The van der Waals surface area contributed by atoms with Crippen molar-refractivity contribution in [3.63, 3.8) is 0 Å². The van der Waals surface area contributed by atoms with E-state index in [0.717, 1.165) is 48.0 Å². The zero-order chi connectivity index (χ0) is 30.4. The molecule has 234 valence electrons. The molecule has 0 amide bonds. The van der Waals surface area contributed by atoms with Gasteiger partial charge in [-0.15, -0.1) is 0 Å². The number of rotatable bonds is 12. The van der Waals surface area contributed by atoms with E-state index in [0.29, 0.717) is 76.7 Å². The van der Waals surface area contributed by atoms with Crippen molar-refractivity contribution in [1.82, 2.24) is 14.8 Å².